The smallest absolute Gasteiger partial charge is 0.123 e. The maximum atomic E-state index is 6.39. The molecule has 3 aromatic rings. The van der Waals surface area contributed by atoms with Crippen LogP contribution in [0.25, 0.3) is 0 Å². The highest BCUT2D eigenvalue weighted by Gasteiger charge is 2.22. The Morgan fingerprint density at radius 3 is 2.00 bits per heavy atom. The second-order valence-electron chi connectivity index (χ2n) is 8.99. The average molecular weight is 416 g/mol. The molecule has 1 atom stereocenters. The second-order valence-corrected chi connectivity index (χ2v) is 8.99. The lowest BCUT2D eigenvalue weighted by molar-refractivity contribution is 0.170. The predicted molar refractivity (Wildman–Crippen MR) is 132 cm³/mol. The molecule has 0 N–H and O–H groups in total. The van der Waals surface area contributed by atoms with Crippen LogP contribution in [0, 0.1) is 6.92 Å². The van der Waals surface area contributed by atoms with Crippen LogP contribution in [0.2, 0.25) is 0 Å². The van der Waals surface area contributed by atoms with Crippen molar-refractivity contribution in [3.8, 4) is 5.75 Å². The molecule has 0 spiro atoms. The molecule has 1 unspecified atom stereocenters. The number of aryl methyl sites for hydroxylation is 1. The molecule has 2 heteroatoms. The Morgan fingerprint density at radius 1 is 0.774 bits per heavy atom. The van der Waals surface area contributed by atoms with Gasteiger partial charge in [0, 0.05) is 23.6 Å². The van der Waals surface area contributed by atoms with E-state index in [1.165, 1.54) is 22.3 Å². The van der Waals surface area contributed by atoms with Gasteiger partial charge >= 0.3 is 0 Å². The molecule has 164 valence electrons. The summed E-state index contributed by atoms with van der Waals surface area (Å²) in [5, 5.41) is 0. The van der Waals surface area contributed by atoms with Crippen molar-refractivity contribution in [2.75, 3.05) is 6.54 Å². The van der Waals surface area contributed by atoms with Crippen LogP contribution < -0.4 is 4.74 Å². The lowest BCUT2D eigenvalue weighted by Crippen LogP contribution is -2.38. The van der Waals surface area contributed by atoms with Crippen LogP contribution in [0.4, 0.5) is 0 Å². The molecule has 2 nitrogen and oxygen atoms in total. The topological polar surface area (TPSA) is 12.5 Å². The normalized spacial score (nSPS) is 12.5. The fourth-order valence-corrected chi connectivity index (χ4v) is 4.37. The molecule has 0 bridgehead atoms. The van der Waals surface area contributed by atoms with E-state index in [0.717, 1.165) is 18.7 Å². The van der Waals surface area contributed by atoms with Gasteiger partial charge in [-0.15, -0.1) is 0 Å². The maximum Gasteiger partial charge on any atom is 0.123 e. The quantitative estimate of drug-likeness (QED) is 0.347. The zero-order valence-electron chi connectivity index (χ0n) is 19.7. The standard InChI is InChI=1S/C29H37NO/c1-22(2)30(23(3)4)19-18-27(26-14-10-7-11-15-26)28-17-16-24(5)20-29(28)31-21-25-12-8-6-9-13-25/h6-17,20,22-23,27H,18-19,21H2,1-5H3. The van der Waals surface area contributed by atoms with Crippen LogP contribution in [-0.2, 0) is 6.61 Å². The number of benzene rings is 3. The van der Waals surface area contributed by atoms with Crippen molar-refractivity contribution in [3.05, 3.63) is 101 Å². The van der Waals surface area contributed by atoms with Crippen LogP contribution in [0.15, 0.2) is 78.9 Å². The van der Waals surface area contributed by atoms with Crippen molar-refractivity contribution in [2.24, 2.45) is 0 Å². The second kappa shape index (κ2) is 11.2. The lowest BCUT2D eigenvalue weighted by atomic mass is 9.87. The molecule has 0 aromatic heterocycles. The molecular formula is C29H37NO. The molecule has 0 fully saturated rings. The molecule has 0 saturated heterocycles. The number of hydrogen-bond acceptors (Lipinski definition) is 2. The van der Waals surface area contributed by atoms with Gasteiger partial charge in [0.05, 0.1) is 0 Å². The minimum atomic E-state index is 0.299. The molecule has 3 rings (SSSR count). The van der Waals surface area contributed by atoms with E-state index in [-0.39, 0.29) is 0 Å². The molecule has 0 radical (unpaired) electrons. The van der Waals surface area contributed by atoms with Crippen LogP contribution in [0.1, 0.15) is 62.3 Å². The highest BCUT2D eigenvalue weighted by molar-refractivity contribution is 5.44. The fraction of sp³-hybridized carbons (Fsp3) is 0.379. The van der Waals surface area contributed by atoms with E-state index in [0.29, 0.717) is 24.6 Å². The largest absolute Gasteiger partial charge is 0.489 e. The summed E-state index contributed by atoms with van der Waals surface area (Å²) in [6.45, 7) is 12.9. The molecule has 0 aliphatic carbocycles. The molecular weight excluding hydrogens is 378 g/mol. The van der Waals surface area contributed by atoms with Gasteiger partial charge in [0.15, 0.2) is 0 Å². The lowest BCUT2D eigenvalue weighted by Gasteiger charge is -2.32. The number of nitrogens with zero attached hydrogens (tertiary/aromatic N) is 1. The highest BCUT2D eigenvalue weighted by atomic mass is 16.5. The number of ether oxygens (including phenoxy) is 1. The van der Waals surface area contributed by atoms with Gasteiger partial charge in [-0.1, -0.05) is 72.8 Å². The molecule has 0 saturated carbocycles. The van der Waals surface area contributed by atoms with Crippen molar-refractivity contribution in [1.29, 1.82) is 0 Å². The van der Waals surface area contributed by atoms with Crippen molar-refractivity contribution in [2.45, 2.75) is 65.6 Å². The molecule has 0 amide bonds. The van der Waals surface area contributed by atoms with Gasteiger partial charge in [-0.05, 0) is 70.3 Å². The van der Waals surface area contributed by atoms with Gasteiger partial charge in [-0.3, -0.25) is 4.90 Å². The Hall–Kier alpha value is -2.58. The summed E-state index contributed by atoms with van der Waals surface area (Å²) < 4.78 is 6.39. The summed E-state index contributed by atoms with van der Waals surface area (Å²) in [5.74, 6) is 1.30. The van der Waals surface area contributed by atoms with E-state index in [1.54, 1.807) is 0 Å². The summed E-state index contributed by atoms with van der Waals surface area (Å²) in [4.78, 5) is 2.58. The Balaban J connectivity index is 1.91. The zero-order chi connectivity index (χ0) is 22.2. The predicted octanol–water partition coefficient (Wildman–Crippen LogP) is 7.21. The first-order chi connectivity index (χ1) is 15.0. The number of rotatable bonds is 10. The van der Waals surface area contributed by atoms with Crippen LogP contribution in [0.3, 0.4) is 0 Å². The van der Waals surface area contributed by atoms with Gasteiger partial charge in [-0.25, -0.2) is 0 Å². The van der Waals surface area contributed by atoms with Crippen LogP contribution in [-0.4, -0.2) is 23.5 Å². The van der Waals surface area contributed by atoms with Crippen molar-refractivity contribution in [3.63, 3.8) is 0 Å². The Morgan fingerprint density at radius 2 is 1.39 bits per heavy atom. The van der Waals surface area contributed by atoms with E-state index in [1.807, 2.05) is 6.07 Å². The highest BCUT2D eigenvalue weighted by Crippen LogP contribution is 2.36. The van der Waals surface area contributed by atoms with E-state index in [9.17, 15) is 0 Å². The molecule has 0 aliphatic rings. The third-order valence-electron chi connectivity index (χ3n) is 5.99. The molecule has 0 aliphatic heterocycles. The summed E-state index contributed by atoms with van der Waals surface area (Å²) in [6, 6.07) is 29.0. The van der Waals surface area contributed by atoms with Gasteiger partial charge in [-0.2, -0.15) is 0 Å². The van der Waals surface area contributed by atoms with E-state index < -0.39 is 0 Å². The average Bonchev–Trinajstić information content (AvgIpc) is 2.76. The van der Waals surface area contributed by atoms with Crippen molar-refractivity contribution >= 4 is 0 Å². The first kappa shape index (κ1) is 23.1. The maximum absolute atomic E-state index is 6.39. The fourth-order valence-electron chi connectivity index (χ4n) is 4.37. The summed E-state index contributed by atoms with van der Waals surface area (Å²) in [7, 11) is 0. The van der Waals surface area contributed by atoms with Gasteiger partial charge in [0.1, 0.15) is 12.4 Å². The van der Waals surface area contributed by atoms with E-state index >= 15 is 0 Å². The molecule has 31 heavy (non-hydrogen) atoms. The number of hydrogen-bond donors (Lipinski definition) is 0. The Labute approximate surface area is 188 Å². The minimum Gasteiger partial charge on any atom is -0.489 e. The Bertz CT molecular complexity index is 910. The first-order valence-electron chi connectivity index (χ1n) is 11.5. The van der Waals surface area contributed by atoms with Crippen LogP contribution >= 0.6 is 0 Å². The van der Waals surface area contributed by atoms with E-state index in [2.05, 4.69) is 112 Å². The third kappa shape index (κ3) is 6.45. The summed E-state index contributed by atoms with van der Waals surface area (Å²) in [5.41, 5.74) is 5.05. The Kier molecular flexibility index (Phi) is 8.31. The van der Waals surface area contributed by atoms with Gasteiger partial charge in [0.2, 0.25) is 0 Å². The molecule has 3 aromatic carbocycles. The van der Waals surface area contributed by atoms with Crippen LogP contribution in [0.5, 0.6) is 5.75 Å². The monoisotopic (exact) mass is 415 g/mol. The van der Waals surface area contributed by atoms with Gasteiger partial charge < -0.3 is 4.74 Å². The van der Waals surface area contributed by atoms with E-state index in [4.69, 9.17) is 4.74 Å². The minimum absolute atomic E-state index is 0.299. The third-order valence-corrected chi connectivity index (χ3v) is 5.99. The zero-order valence-corrected chi connectivity index (χ0v) is 19.7. The summed E-state index contributed by atoms with van der Waals surface area (Å²) in [6.07, 6.45) is 1.06. The van der Waals surface area contributed by atoms with Gasteiger partial charge in [0.25, 0.3) is 0 Å². The first-order valence-corrected chi connectivity index (χ1v) is 11.5. The van der Waals surface area contributed by atoms with Crippen molar-refractivity contribution in [1.82, 2.24) is 4.90 Å². The van der Waals surface area contributed by atoms with Crippen molar-refractivity contribution < 1.29 is 4.74 Å². The summed E-state index contributed by atoms with van der Waals surface area (Å²) >= 11 is 0. The SMILES string of the molecule is Cc1ccc(C(CCN(C(C)C)C(C)C)c2ccccc2)c(OCc2ccccc2)c1. The molecule has 0 heterocycles.